The van der Waals surface area contributed by atoms with Gasteiger partial charge in [-0.05, 0) is 41.1 Å². The SMILES string of the molecule is CCN(CC)C(CNC(N)c1cccc2ccccc12)c1ccccc1Cl. The number of benzene rings is 3. The molecule has 3 N–H and O–H groups in total. The van der Waals surface area contributed by atoms with Crippen molar-refractivity contribution in [2.75, 3.05) is 19.6 Å². The number of rotatable bonds is 8. The van der Waals surface area contributed by atoms with Crippen LogP contribution in [0.25, 0.3) is 10.8 Å². The van der Waals surface area contributed by atoms with E-state index < -0.39 is 0 Å². The third kappa shape index (κ3) is 4.50. The average Bonchev–Trinajstić information content (AvgIpc) is 2.71. The Balaban J connectivity index is 1.83. The number of nitrogens with zero attached hydrogens (tertiary/aromatic N) is 1. The largest absolute Gasteiger partial charge is 0.312 e. The fourth-order valence-electron chi connectivity index (χ4n) is 3.72. The molecule has 4 heteroatoms. The van der Waals surface area contributed by atoms with Gasteiger partial charge in [-0.15, -0.1) is 0 Å². The van der Waals surface area contributed by atoms with Crippen LogP contribution in [0.2, 0.25) is 5.02 Å². The first-order valence-corrected chi connectivity index (χ1v) is 9.98. The highest BCUT2D eigenvalue weighted by molar-refractivity contribution is 6.31. The molecule has 0 fully saturated rings. The summed E-state index contributed by atoms with van der Waals surface area (Å²) in [6.45, 7) is 7.00. The minimum atomic E-state index is -0.239. The Bertz CT molecular complexity index is 871. The first-order valence-electron chi connectivity index (χ1n) is 9.60. The van der Waals surface area contributed by atoms with Crippen LogP contribution < -0.4 is 11.1 Å². The molecular weight excluding hydrogens is 354 g/mol. The molecule has 0 aliphatic rings. The predicted molar refractivity (Wildman–Crippen MR) is 116 cm³/mol. The molecule has 0 saturated heterocycles. The van der Waals surface area contributed by atoms with Crippen molar-refractivity contribution in [3.05, 3.63) is 82.9 Å². The zero-order chi connectivity index (χ0) is 19.2. The van der Waals surface area contributed by atoms with Crippen LogP contribution in [0.15, 0.2) is 66.7 Å². The van der Waals surface area contributed by atoms with Gasteiger partial charge in [0.05, 0.1) is 6.17 Å². The van der Waals surface area contributed by atoms with Gasteiger partial charge >= 0.3 is 0 Å². The Morgan fingerprint density at radius 1 is 0.889 bits per heavy atom. The lowest BCUT2D eigenvalue weighted by atomic mass is 10.0. The van der Waals surface area contributed by atoms with Crippen molar-refractivity contribution in [2.24, 2.45) is 5.73 Å². The minimum Gasteiger partial charge on any atom is -0.312 e. The van der Waals surface area contributed by atoms with Gasteiger partial charge in [0, 0.05) is 17.6 Å². The Labute approximate surface area is 167 Å². The van der Waals surface area contributed by atoms with E-state index in [0.29, 0.717) is 0 Å². The highest BCUT2D eigenvalue weighted by Gasteiger charge is 2.21. The van der Waals surface area contributed by atoms with Crippen molar-refractivity contribution in [1.29, 1.82) is 0 Å². The van der Waals surface area contributed by atoms with E-state index in [9.17, 15) is 0 Å². The maximum absolute atomic E-state index is 6.55. The zero-order valence-electron chi connectivity index (χ0n) is 16.0. The average molecular weight is 382 g/mol. The molecule has 3 aromatic carbocycles. The topological polar surface area (TPSA) is 41.3 Å². The summed E-state index contributed by atoms with van der Waals surface area (Å²) in [5.41, 5.74) is 8.80. The molecule has 0 aliphatic carbocycles. The van der Waals surface area contributed by atoms with Crippen molar-refractivity contribution in [1.82, 2.24) is 10.2 Å². The molecule has 2 unspecified atom stereocenters. The second-order valence-corrected chi connectivity index (χ2v) is 7.12. The summed E-state index contributed by atoms with van der Waals surface area (Å²) in [5.74, 6) is 0. The molecule has 0 radical (unpaired) electrons. The molecule has 0 aliphatic heterocycles. The second-order valence-electron chi connectivity index (χ2n) is 6.71. The van der Waals surface area contributed by atoms with E-state index in [-0.39, 0.29) is 12.2 Å². The van der Waals surface area contributed by atoms with Crippen LogP contribution in [0.4, 0.5) is 0 Å². The molecule has 0 spiro atoms. The molecule has 3 nitrogen and oxygen atoms in total. The van der Waals surface area contributed by atoms with Crippen molar-refractivity contribution in [3.63, 3.8) is 0 Å². The summed E-state index contributed by atoms with van der Waals surface area (Å²) in [6, 6.07) is 22.9. The van der Waals surface area contributed by atoms with Gasteiger partial charge in [-0.3, -0.25) is 10.2 Å². The maximum Gasteiger partial charge on any atom is 0.0816 e. The van der Waals surface area contributed by atoms with Crippen molar-refractivity contribution >= 4 is 22.4 Å². The molecule has 0 aromatic heterocycles. The van der Waals surface area contributed by atoms with Crippen molar-refractivity contribution < 1.29 is 0 Å². The molecule has 0 heterocycles. The molecule has 142 valence electrons. The van der Waals surface area contributed by atoms with Crippen molar-refractivity contribution in [2.45, 2.75) is 26.1 Å². The predicted octanol–water partition coefficient (Wildman–Crippen LogP) is 5.12. The Morgan fingerprint density at radius 2 is 1.52 bits per heavy atom. The minimum absolute atomic E-state index is 0.176. The van der Waals surface area contributed by atoms with Gasteiger partial charge in [0.25, 0.3) is 0 Å². The van der Waals surface area contributed by atoms with E-state index in [4.69, 9.17) is 17.3 Å². The van der Waals surface area contributed by atoms with E-state index in [1.807, 2.05) is 18.2 Å². The van der Waals surface area contributed by atoms with Crippen LogP contribution >= 0.6 is 11.6 Å². The van der Waals surface area contributed by atoms with Gasteiger partial charge in [0.15, 0.2) is 0 Å². The lowest BCUT2D eigenvalue weighted by Gasteiger charge is -2.32. The monoisotopic (exact) mass is 381 g/mol. The molecule has 2 atom stereocenters. The van der Waals surface area contributed by atoms with E-state index in [1.54, 1.807) is 0 Å². The molecule has 0 saturated carbocycles. The Hall–Kier alpha value is -1.91. The molecule has 3 aromatic rings. The number of nitrogens with one attached hydrogen (secondary N) is 1. The smallest absolute Gasteiger partial charge is 0.0816 e. The summed E-state index contributed by atoms with van der Waals surface area (Å²) >= 11 is 6.50. The molecule has 27 heavy (non-hydrogen) atoms. The molecule has 0 bridgehead atoms. The fourth-order valence-corrected chi connectivity index (χ4v) is 3.98. The van der Waals surface area contributed by atoms with E-state index in [0.717, 1.165) is 35.8 Å². The van der Waals surface area contributed by atoms with Gasteiger partial charge in [-0.2, -0.15) is 0 Å². The molecule has 0 amide bonds. The number of likely N-dealkylation sites (N-methyl/N-ethyl adjacent to an activating group) is 1. The first kappa shape index (κ1) is 19.8. The van der Waals surface area contributed by atoms with Gasteiger partial charge in [-0.25, -0.2) is 0 Å². The normalized spacial score (nSPS) is 13.8. The highest BCUT2D eigenvalue weighted by Crippen LogP contribution is 2.28. The van der Waals surface area contributed by atoms with E-state index in [2.05, 4.69) is 72.6 Å². The summed E-state index contributed by atoms with van der Waals surface area (Å²) in [4.78, 5) is 2.41. The van der Waals surface area contributed by atoms with Crippen LogP contribution in [0.3, 0.4) is 0 Å². The third-order valence-electron chi connectivity index (χ3n) is 5.21. The third-order valence-corrected chi connectivity index (χ3v) is 5.55. The van der Waals surface area contributed by atoms with Gasteiger partial charge in [-0.1, -0.05) is 86.1 Å². The Morgan fingerprint density at radius 3 is 2.26 bits per heavy atom. The van der Waals surface area contributed by atoms with Crippen LogP contribution in [-0.4, -0.2) is 24.5 Å². The standard InChI is InChI=1S/C23H28ClN3/c1-3-27(4-2)22(20-13-7-8-15-21(20)24)16-26-23(25)19-14-9-11-17-10-5-6-12-18(17)19/h5-15,22-23,26H,3-4,16,25H2,1-2H3. The van der Waals surface area contributed by atoms with Crippen LogP contribution in [0.5, 0.6) is 0 Å². The fraction of sp³-hybridized carbons (Fsp3) is 0.304. The molecule has 3 rings (SSSR count). The Kier molecular flexibility index (Phi) is 6.86. The first-order chi connectivity index (χ1) is 13.2. The maximum atomic E-state index is 6.55. The van der Waals surface area contributed by atoms with Crippen LogP contribution in [-0.2, 0) is 0 Å². The lowest BCUT2D eigenvalue weighted by molar-refractivity contribution is 0.209. The summed E-state index contributed by atoms with van der Waals surface area (Å²) < 4.78 is 0. The van der Waals surface area contributed by atoms with E-state index in [1.165, 1.54) is 10.8 Å². The quantitative estimate of drug-likeness (QED) is 0.532. The van der Waals surface area contributed by atoms with Crippen molar-refractivity contribution in [3.8, 4) is 0 Å². The second kappa shape index (κ2) is 9.34. The summed E-state index contributed by atoms with van der Waals surface area (Å²) in [5, 5.41) is 6.74. The molecular formula is C23H28ClN3. The number of hydrogen-bond donors (Lipinski definition) is 2. The number of fused-ring (bicyclic) bond motifs is 1. The highest BCUT2D eigenvalue weighted by atomic mass is 35.5. The zero-order valence-corrected chi connectivity index (χ0v) is 16.8. The van der Waals surface area contributed by atoms with Gasteiger partial charge < -0.3 is 5.73 Å². The summed E-state index contributed by atoms with van der Waals surface area (Å²) in [7, 11) is 0. The number of nitrogens with two attached hydrogens (primary N) is 1. The lowest BCUT2D eigenvalue weighted by Crippen LogP contribution is -2.39. The summed E-state index contributed by atoms with van der Waals surface area (Å²) in [6.07, 6.45) is -0.239. The number of hydrogen-bond acceptors (Lipinski definition) is 3. The van der Waals surface area contributed by atoms with Crippen LogP contribution in [0, 0.1) is 0 Å². The van der Waals surface area contributed by atoms with E-state index >= 15 is 0 Å². The number of halogens is 1. The van der Waals surface area contributed by atoms with Gasteiger partial charge in [0.1, 0.15) is 0 Å². The van der Waals surface area contributed by atoms with Crippen LogP contribution in [0.1, 0.15) is 37.2 Å². The van der Waals surface area contributed by atoms with Gasteiger partial charge in [0.2, 0.25) is 0 Å².